The number of nitrogens with zero attached hydrogens (tertiary/aromatic N) is 2. The number of carbonyl (C=O) groups excluding carboxylic acids is 3. The maximum atomic E-state index is 12.9. The van der Waals surface area contributed by atoms with Gasteiger partial charge in [-0.2, -0.15) is 0 Å². The molecule has 29 heavy (non-hydrogen) atoms. The number of piperidine rings is 1. The molecule has 1 atom stereocenters. The van der Waals surface area contributed by atoms with Crippen LogP contribution in [0.1, 0.15) is 63.7 Å². The molecule has 2 fully saturated rings. The third kappa shape index (κ3) is 4.07. The van der Waals surface area contributed by atoms with E-state index in [0.717, 1.165) is 51.9 Å². The SMILES string of the molecule is CCNCC1CCN(C(=O)c2ccc3c(c2)C(=O)N(CC2CCCO2)C3=O)CC1. The fourth-order valence-electron chi connectivity index (χ4n) is 4.45. The number of ether oxygens (including phenoxy) is 1. The van der Waals surface area contributed by atoms with Gasteiger partial charge in [0.15, 0.2) is 0 Å². The lowest BCUT2D eigenvalue weighted by Crippen LogP contribution is -2.40. The van der Waals surface area contributed by atoms with Crippen molar-refractivity contribution in [3.8, 4) is 0 Å². The topological polar surface area (TPSA) is 79.0 Å². The highest BCUT2D eigenvalue weighted by Gasteiger charge is 2.38. The molecule has 0 bridgehead atoms. The molecular formula is C22H29N3O4. The lowest BCUT2D eigenvalue weighted by Gasteiger charge is -2.32. The molecule has 0 saturated carbocycles. The molecule has 3 aliphatic heterocycles. The Hall–Kier alpha value is -2.25. The maximum absolute atomic E-state index is 12.9. The third-order valence-corrected chi connectivity index (χ3v) is 6.21. The highest BCUT2D eigenvalue weighted by Crippen LogP contribution is 2.27. The maximum Gasteiger partial charge on any atom is 0.261 e. The highest BCUT2D eigenvalue weighted by molar-refractivity contribution is 6.22. The van der Waals surface area contributed by atoms with E-state index in [-0.39, 0.29) is 30.4 Å². The summed E-state index contributed by atoms with van der Waals surface area (Å²) < 4.78 is 5.57. The standard InChI is InChI=1S/C22H29N3O4/c1-2-23-13-15-7-9-24(10-8-15)20(26)16-5-6-18-19(12-16)22(28)25(21(18)27)14-17-4-3-11-29-17/h5-6,12,15,17,23H,2-4,7-11,13-14H2,1H3. The van der Waals surface area contributed by atoms with Crippen LogP contribution in [0.5, 0.6) is 0 Å². The Labute approximate surface area is 171 Å². The van der Waals surface area contributed by atoms with E-state index in [4.69, 9.17) is 4.74 Å². The van der Waals surface area contributed by atoms with Gasteiger partial charge in [-0.05, 0) is 62.9 Å². The number of fused-ring (bicyclic) bond motifs is 1. The number of benzene rings is 1. The molecule has 0 spiro atoms. The number of carbonyl (C=O) groups is 3. The molecule has 1 aromatic carbocycles. The second-order valence-electron chi connectivity index (χ2n) is 8.16. The first-order valence-electron chi connectivity index (χ1n) is 10.7. The second kappa shape index (κ2) is 8.63. The van der Waals surface area contributed by atoms with Gasteiger partial charge in [0.25, 0.3) is 17.7 Å². The molecule has 0 aromatic heterocycles. The van der Waals surface area contributed by atoms with Crippen LogP contribution in [-0.2, 0) is 4.74 Å². The molecule has 2 saturated heterocycles. The van der Waals surface area contributed by atoms with Crippen LogP contribution in [0.4, 0.5) is 0 Å². The van der Waals surface area contributed by atoms with Crippen molar-refractivity contribution in [2.75, 3.05) is 39.3 Å². The molecule has 7 nitrogen and oxygen atoms in total. The van der Waals surface area contributed by atoms with Crippen LogP contribution in [0.25, 0.3) is 0 Å². The predicted molar refractivity (Wildman–Crippen MR) is 108 cm³/mol. The highest BCUT2D eigenvalue weighted by atomic mass is 16.5. The molecular weight excluding hydrogens is 370 g/mol. The van der Waals surface area contributed by atoms with E-state index in [2.05, 4.69) is 12.2 Å². The minimum absolute atomic E-state index is 0.0625. The summed E-state index contributed by atoms with van der Waals surface area (Å²) in [6, 6.07) is 4.89. The van der Waals surface area contributed by atoms with Gasteiger partial charge in [0.05, 0.1) is 23.8 Å². The first kappa shape index (κ1) is 20.0. The summed E-state index contributed by atoms with van der Waals surface area (Å²) in [5.41, 5.74) is 1.20. The van der Waals surface area contributed by atoms with Crippen LogP contribution in [0, 0.1) is 5.92 Å². The van der Waals surface area contributed by atoms with Crippen LogP contribution in [0.15, 0.2) is 18.2 Å². The van der Waals surface area contributed by atoms with Gasteiger partial charge in [-0.1, -0.05) is 6.92 Å². The monoisotopic (exact) mass is 399 g/mol. The van der Waals surface area contributed by atoms with E-state index in [9.17, 15) is 14.4 Å². The van der Waals surface area contributed by atoms with Gasteiger partial charge in [-0.25, -0.2) is 0 Å². The third-order valence-electron chi connectivity index (χ3n) is 6.21. The Kier molecular flexibility index (Phi) is 5.96. The largest absolute Gasteiger partial charge is 0.376 e. The summed E-state index contributed by atoms with van der Waals surface area (Å²) in [6.45, 7) is 6.47. The number of nitrogens with one attached hydrogen (secondary N) is 1. The molecule has 0 radical (unpaired) electrons. The van der Waals surface area contributed by atoms with Crippen LogP contribution in [0.3, 0.4) is 0 Å². The van der Waals surface area contributed by atoms with Gasteiger partial charge in [0.2, 0.25) is 0 Å². The predicted octanol–water partition coefficient (Wildman–Crippen LogP) is 1.92. The Morgan fingerprint density at radius 3 is 2.59 bits per heavy atom. The lowest BCUT2D eigenvalue weighted by molar-refractivity contribution is 0.0475. The Bertz CT molecular complexity index is 795. The lowest BCUT2D eigenvalue weighted by atomic mass is 9.96. The Morgan fingerprint density at radius 2 is 1.90 bits per heavy atom. The van der Waals surface area contributed by atoms with Crippen molar-refractivity contribution in [2.45, 2.75) is 38.7 Å². The molecule has 1 unspecified atom stereocenters. The van der Waals surface area contributed by atoms with E-state index >= 15 is 0 Å². The summed E-state index contributed by atoms with van der Waals surface area (Å²) >= 11 is 0. The van der Waals surface area contributed by atoms with Crippen molar-refractivity contribution in [2.24, 2.45) is 5.92 Å². The smallest absolute Gasteiger partial charge is 0.261 e. The fraction of sp³-hybridized carbons (Fsp3) is 0.591. The first-order valence-corrected chi connectivity index (χ1v) is 10.7. The molecule has 4 rings (SSSR count). The summed E-state index contributed by atoms with van der Waals surface area (Å²) in [4.78, 5) is 41.5. The van der Waals surface area contributed by atoms with Crippen molar-refractivity contribution >= 4 is 17.7 Å². The number of imide groups is 1. The number of likely N-dealkylation sites (tertiary alicyclic amines) is 1. The number of hydrogen-bond acceptors (Lipinski definition) is 5. The Morgan fingerprint density at radius 1 is 1.14 bits per heavy atom. The van der Waals surface area contributed by atoms with Gasteiger partial charge >= 0.3 is 0 Å². The zero-order valence-electron chi connectivity index (χ0n) is 17.0. The zero-order chi connectivity index (χ0) is 20.4. The summed E-state index contributed by atoms with van der Waals surface area (Å²) in [5, 5.41) is 3.37. The van der Waals surface area contributed by atoms with Gasteiger partial charge in [-0.3, -0.25) is 19.3 Å². The molecule has 7 heteroatoms. The normalized spacial score (nSPS) is 22.4. The average Bonchev–Trinajstić information content (AvgIpc) is 3.35. The van der Waals surface area contributed by atoms with Gasteiger partial charge in [0, 0.05) is 25.3 Å². The fourth-order valence-corrected chi connectivity index (χ4v) is 4.45. The number of hydrogen-bond donors (Lipinski definition) is 1. The average molecular weight is 399 g/mol. The number of amides is 3. The molecule has 156 valence electrons. The number of rotatable bonds is 6. The van der Waals surface area contributed by atoms with Gasteiger partial charge in [-0.15, -0.1) is 0 Å². The van der Waals surface area contributed by atoms with Crippen molar-refractivity contribution in [3.05, 3.63) is 34.9 Å². The van der Waals surface area contributed by atoms with E-state index in [1.807, 2.05) is 4.90 Å². The minimum atomic E-state index is -0.320. The van der Waals surface area contributed by atoms with Crippen LogP contribution in [0.2, 0.25) is 0 Å². The van der Waals surface area contributed by atoms with E-state index < -0.39 is 0 Å². The van der Waals surface area contributed by atoms with E-state index in [1.54, 1.807) is 18.2 Å². The minimum Gasteiger partial charge on any atom is -0.376 e. The van der Waals surface area contributed by atoms with Gasteiger partial charge in [0.1, 0.15) is 0 Å². The molecule has 3 heterocycles. The van der Waals surface area contributed by atoms with E-state index in [0.29, 0.717) is 29.2 Å². The second-order valence-corrected chi connectivity index (χ2v) is 8.16. The van der Waals surface area contributed by atoms with Gasteiger partial charge < -0.3 is 15.0 Å². The van der Waals surface area contributed by atoms with E-state index in [1.165, 1.54) is 4.90 Å². The van der Waals surface area contributed by atoms with Crippen molar-refractivity contribution < 1.29 is 19.1 Å². The summed E-state index contributed by atoms with van der Waals surface area (Å²) in [7, 11) is 0. The van der Waals surface area contributed by atoms with Crippen molar-refractivity contribution in [3.63, 3.8) is 0 Å². The van der Waals surface area contributed by atoms with Crippen LogP contribution in [-0.4, -0.2) is 73.0 Å². The molecule has 3 amide bonds. The Balaban J connectivity index is 1.43. The summed E-state index contributed by atoms with van der Waals surface area (Å²) in [6.07, 6.45) is 3.70. The molecule has 0 aliphatic carbocycles. The molecule has 3 aliphatic rings. The molecule has 1 N–H and O–H groups in total. The van der Waals surface area contributed by atoms with Crippen LogP contribution < -0.4 is 5.32 Å². The molecule has 1 aromatic rings. The van der Waals surface area contributed by atoms with Crippen molar-refractivity contribution in [1.82, 2.24) is 15.1 Å². The van der Waals surface area contributed by atoms with Crippen LogP contribution >= 0.6 is 0 Å². The van der Waals surface area contributed by atoms with Crippen molar-refractivity contribution in [1.29, 1.82) is 0 Å². The zero-order valence-corrected chi connectivity index (χ0v) is 17.0. The summed E-state index contributed by atoms with van der Waals surface area (Å²) in [5.74, 6) is -0.0691. The first-order chi connectivity index (χ1) is 14.1. The quantitative estimate of drug-likeness (QED) is 0.740.